The van der Waals surface area contributed by atoms with E-state index in [0.717, 1.165) is 51.1 Å². The molecule has 0 N–H and O–H groups in total. The summed E-state index contributed by atoms with van der Waals surface area (Å²) in [6.45, 7) is 3.68. The lowest BCUT2D eigenvalue weighted by Gasteiger charge is -2.32. The molecular formula is C24H28N2O3. The maximum Gasteiger partial charge on any atom is 0.261 e. The first-order chi connectivity index (χ1) is 14.2. The summed E-state index contributed by atoms with van der Waals surface area (Å²) in [5, 5.41) is 0. The highest BCUT2D eigenvalue weighted by molar-refractivity contribution is 6.21. The van der Waals surface area contributed by atoms with Crippen LogP contribution in [0.4, 0.5) is 0 Å². The van der Waals surface area contributed by atoms with E-state index in [4.69, 9.17) is 4.74 Å². The number of rotatable bonds is 7. The number of likely N-dealkylation sites (tertiary alicyclic amines) is 1. The van der Waals surface area contributed by atoms with Crippen molar-refractivity contribution in [3.8, 4) is 5.75 Å². The van der Waals surface area contributed by atoms with Crippen LogP contribution in [0.5, 0.6) is 5.75 Å². The van der Waals surface area contributed by atoms with Gasteiger partial charge in [-0.1, -0.05) is 30.3 Å². The summed E-state index contributed by atoms with van der Waals surface area (Å²) >= 11 is 0. The number of nitrogens with zero attached hydrogens (tertiary/aromatic N) is 2. The molecule has 5 heteroatoms. The van der Waals surface area contributed by atoms with Crippen molar-refractivity contribution in [2.45, 2.75) is 31.6 Å². The summed E-state index contributed by atoms with van der Waals surface area (Å²) in [6, 6.07) is 15.4. The summed E-state index contributed by atoms with van der Waals surface area (Å²) in [4.78, 5) is 28.7. The minimum Gasteiger partial charge on any atom is -0.496 e. The van der Waals surface area contributed by atoms with Gasteiger partial charge in [-0.15, -0.1) is 0 Å². The smallest absolute Gasteiger partial charge is 0.261 e. The fourth-order valence-corrected chi connectivity index (χ4v) is 4.52. The SMILES string of the molecule is COc1ccccc1C1CCN(CCCCN2C(=O)c3ccccc3C2=O)CC1. The Morgan fingerprint density at radius 1 is 0.862 bits per heavy atom. The predicted molar refractivity (Wildman–Crippen MR) is 112 cm³/mol. The Labute approximate surface area is 172 Å². The number of fused-ring (bicyclic) bond motifs is 1. The van der Waals surface area contributed by atoms with E-state index < -0.39 is 0 Å². The average Bonchev–Trinajstić information content (AvgIpc) is 3.02. The maximum atomic E-state index is 12.4. The van der Waals surface area contributed by atoms with E-state index in [2.05, 4.69) is 17.0 Å². The molecule has 0 bridgehead atoms. The molecule has 2 amide bonds. The zero-order chi connectivity index (χ0) is 20.2. The van der Waals surface area contributed by atoms with E-state index in [0.29, 0.717) is 23.6 Å². The molecule has 152 valence electrons. The highest BCUT2D eigenvalue weighted by Gasteiger charge is 2.34. The molecule has 2 aromatic carbocycles. The van der Waals surface area contributed by atoms with E-state index in [9.17, 15) is 9.59 Å². The van der Waals surface area contributed by atoms with Gasteiger partial charge in [-0.25, -0.2) is 0 Å². The van der Waals surface area contributed by atoms with Gasteiger partial charge in [0.15, 0.2) is 0 Å². The van der Waals surface area contributed by atoms with Gasteiger partial charge >= 0.3 is 0 Å². The van der Waals surface area contributed by atoms with Crippen LogP contribution in [0.3, 0.4) is 0 Å². The van der Waals surface area contributed by atoms with Crippen molar-refractivity contribution in [1.82, 2.24) is 9.80 Å². The third-order valence-corrected chi connectivity index (χ3v) is 6.15. The topological polar surface area (TPSA) is 49.9 Å². The van der Waals surface area contributed by atoms with Crippen LogP contribution in [-0.4, -0.2) is 54.9 Å². The molecule has 0 atom stereocenters. The van der Waals surface area contributed by atoms with E-state index in [1.165, 1.54) is 10.5 Å². The maximum absolute atomic E-state index is 12.4. The lowest BCUT2D eigenvalue weighted by molar-refractivity contribution is 0.0649. The number of piperidine rings is 1. The summed E-state index contributed by atoms with van der Waals surface area (Å²) in [6.07, 6.45) is 4.11. The Morgan fingerprint density at radius 3 is 2.10 bits per heavy atom. The second-order valence-electron chi connectivity index (χ2n) is 7.87. The summed E-state index contributed by atoms with van der Waals surface area (Å²) in [7, 11) is 1.74. The van der Waals surface area contributed by atoms with E-state index in [1.807, 2.05) is 24.3 Å². The molecule has 0 saturated carbocycles. The largest absolute Gasteiger partial charge is 0.496 e. The second kappa shape index (κ2) is 8.78. The number of methoxy groups -OCH3 is 1. The number of unbranched alkanes of at least 4 members (excludes halogenated alkanes) is 1. The zero-order valence-corrected chi connectivity index (χ0v) is 17.0. The Kier molecular flexibility index (Phi) is 5.95. The number of carbonyl (C=O) groups is 2. The molecule has 1 fully saturated rings. The molecule has 2 heterocycles. The number of ether oxygens (including phenoxy) is 1. The van der Waals surface area contributed by atoms with Crippen LogP contribution in [0.15, 0.2) is 48.5 Å². The first kappa shape index (κ1) is 19.6. The van der Waals surface area contributed by atoms with Gasteiger partial charge in [-0.3, -0.25) is 14.5 Å². The quantitative estimate of drug-likeness (QED) is 0.529. The van der Waals surface area contributed by atoms with E-state index in [-0.39, 0.29) is 11.8 Å². The number of amides is 2. The number of carbonyl (C=O) groups excluding carboxylic acids is 2. The highest BCUT2D eigenvalue weighted by atomic mass is 16.5. The van der Waals surface area contributed by atoms with Crippen LogP contribution in [0, 0.1) is 0 Å². The van der Waals surface area contributed by atoms with E-state index >= 15 is 0 Å². The minimum absolute atomic E-state index is 0.150. The summed E-state index contributed by atoms with van der Waals surface area (Å²) < 4.78 is 5.52. The average molecular weight is 392 g/mol. The van der Waals surface area contributed by atoms with Crippen LogP contribution < -0.4 is 4.74 Å². The molecule has 2 aromatic rings. The van der Waals surface area contributed by atoms with Crippen molar-refractivity contribution < 1.29 is 14.3 Å². The fourth-order valence-electron chi connectivity index (χ4n) is 4.52. The molecule has 29 heavy (non-hydrogen) atoms. The van der Waals surface area contributed by atoms with Crippen molar-refractivity contribution >= 4 is 11.8 Å². The molecule has 0 unspecified atom stereocenters. The number of imide groups is 1. The van der Waals surface area contributed by atoms with Gasteiger partial charge < -0.3 is 9.64 Å². The molecule has 4 rings (SSSR count). The Hall–Kier alpha value is -2.66. The van der Waals surface area contributed by atoms with Gasteiger partial charge in [0.2, 0.25) is 0 Å². The van der Waals surface area contributed by atoms with Gasteiger partial charge in [0.25, 0.3) is 11.8 Å². The molecule has 0 radical (unpaired) electrons. The van der Waals surface area contributed by atoms with Crippen molar-refractivity contribution in [3.63, 3.8) is 0 Å². The van der Waals surface area contributed by atoms with E-state index in [1.54, 1.807) is 19.2 Å². The van der Waals surface area contributed by atoms with Crippen LogP contribution in [0.1, 0.15) is 57.9 Å². The van der Waals surface area contributed by atoms with Crippen LogP contribution in [-0.2, 0) is 0 Å². The molecule has 0 aliphatic carbocycles. The Balaban J connectivity index is 1.21. The number of hydrogen-bond donors (Lipinski definition) is 0. The normalized spacial score (nSPS) is 17.6. The van der Waals surface area contributed by atoms with Gasteiger partial charge in [-0.2, -0.15) is 0 Å². The molecular weight excluding hydrogens is 364 g/mol. The molecule has 5 nitrogen and oxygen atoms in total. The first-order valence-electron chi connectivity index (χ1n) is 10.5. The molecule has 2 aliphatic heterocycles. The van der Waals surface area contributed by atoms with Gasteiger partial charge in [0.1, 0.15) is 5.75 Å². The van der Waals surface area contributed by atoms with Crippen molar-refractivity contribution in [3.05, 3.63) is 65.2 Å². The number of benzene rings is 2. The fraction of sp³-hybridized carbons (Fsp3) is 0.417. The summed E-state index contributed by atoms with van der Waals surface area (Å²) in [5.74, 6) is 1.25. The van der Waals surface area contributed by atoms with Crippen molar-refractivity contribution in [2.75, 3.05) is 33.3 Å². The Morgan fingerprint density at radius 2 is 1.45 bits per heavy atom. The monoisotopic (exact) mass is 392 g/mol. The standard InChI is InChI=1S/C24H28N2O3/c1-29-22-11-5-4-8-19(22)18-12-16-25(17-13-18)14-6-7-15-26-23(27)20-9-2-3-10-21(20)24(26)28/h2-5,8-11,18H,6-7,12-17H2,1H3. The number of para-hydroxylation sites is 1. The van der Waals surface area contributed by atoms with Gasteiger partial charge in [0, 0.05) is 6.54 Å². The number of hydrogen-bond acceptors (Lipinski definition) is 4. The molecule has 2 aliphatic rings. The molecule has 0 aromatic heterocycles. The third-order valence-electron chi connectivity index (χ3n) is 6.15. The second-order valence-corrected chi connectivity index (χ2v) is 7.87. The zero-order valence-electron chi connectivity index (χ0n) is 17.0. The summed E-state index contributed by atoms with van der Waals surface area (Å²) in [5.41, 5.74) is 2.40. The third kappa shape index (κ3) is 4.06. The Bertz CT molecular complexity index is 852. The van der Waals surface area contributed by atoms with Gasteiger partial charge in [-0.05, 0) is 75.0 Å². The van der Waals surface area contributed by atoms with Crippen LogP contribution in [0.2, 0.25) is 0 Å². The predicted octanol–water partition coefficient (Wildman–Crippen LogP) is 3.95. The molecule has 0 spiro atoms. The minimum atomic E-state index is -0.150. The lowest BCUT2D eigenvalue weighted by Crippen LogP contribution is -2.35. The highest BCUT2D eigenvalue weighted by Crippen LogP contribution is 2.34. The van der Waals surface area contributed by atoms with Crippen LogP contribution >= 0.6 is 0 Å². The van der Waals surface area contributed by atoms with Gasteiger partial charge in [0.05, 0.1) is 18.2 Å². The molecule has 1 saturated heterocycles. The van der Waals surface area contributed by atoms with Crippen molar-refractivity contribution in [1.29, 1.82) is 0 Å². The lowest BCUT2D eigenvalue weighted by atomic mass is 9.88. The van der Waals surface area contributed by atoms with Crippen LogP contribution in [0.25, 0.3) is 0 Å². The van der Waals surface area contributed by atoms with Crippen molar-refractivity contribution in [2.24, 2.45) is 0 Å². The first-order valence-corrected chi connectivity index (χ1v) is 10.5.